The second-order valence-electron chi connectivity index (χ2n) is 5.55. The summed E-state index contributed by atoms with van der Waals surface area (Å²) in [6, 6.07) is 1.69. The summed E-state index contributed by atoms with van der Waals surface area (Å²) in [4.78, 5) is 11.8. The number of fused-ring (bicyclic) bond motifs is 2. The molecule has 2 aliphatic rings. The normalized spacial score (nSPS) is 21.6. The Bertz CT molecular complexity index is 663. The highest BCUT2D eigenvalue weighted by molar-refractivity contribution is 7.72. The van der Waals surface area contributed by atoms with Crippen molar-refractivity contribution in [3.8, 4) is 0 Å². The lowest BCUT2D eigenvalue weighted by Crippen LogP contribution is -2.12. The fourth-order valence-electron chi connectivity index (χ4n) is 3.40. The van der Waals surface area contributed by atoms with E-state index >= 15 is 0 Å². The third-order valence-electron chi connectivity index (χ3n) is 4.31. The predicted molar refractivity (Wildman–Crippen MR) is 78.9 cm³/mol. The number of urea groups is 1. The molecule has 0 heterocycles. The number of anilines is 1. The molecule has 1 aromatic rings. The summed E-state index contributed by atoms with van der Waals surface area (Å²) in [6.45, 7) is 2.22. The van der Waals surface area contributed by atoms with E-state index in [1.807, 2.05) is 0 Å². The first-order valence-electron chi connectivity index (χ1n) is 6.92. The summed E-state index contributed by atoms with van der Waals surface area (Å²) in [7, 11) is -1.96. The predicted octanol–water partition coefficient (Wildman–Crippen LogP) is 2.78. The molecule has 20 heavy (non-hydrogen) atoms. The molecule has 1 atom stereocenters. The maximum absolute atomic E-state index is 11.8. The highest BCUT2D eigenvalue weighted by atomic mass is 32.2. The molecule has 0 saturated carbocycles. The van der Waals surface area contributed by atoms with Crippen molar-refractivity contribution in [2.24, 2.45) is 9.50 Å². The number of carbonyl (C=O) groups is 1. The number of nitrogens with two attached hydrogens (primary N) is 1. The fourth-order valence-corrected chi connectivity index (χ4v) is 3.61. The van der Waals surface area contributed by atoms with Gasteiger partial charge in [0, 0.05) is 5.69 Å². The van der Waals surface area contributed by atoms with Gasteiger partial charge in [0.15, 0.2) is 0 Å². The van der Waals surface area contributed by atoms with Crippen LogP contribution < -0.4 is 10.5 Å². The third-order valence-corrected chi connectivity index (χ3v) is 4.65. The molecule has 0 bridgehead atoms. The van der Waals surface area contributed by atoms with Gasteiger partial charge in [-0.15, -0.1) is 10.8 Å². The van der Waals surface area contributed by atoms with Gasteiger partial charge >= 0.3 is 6.03 Å². The molecule has 0 saturated heterocycles. The molecule has 2 amide bonds. The number of nitrogens with one attached hydrogen (secondary N) is 1. The molecule has 0 aliphatic heterocycles. The molecule has 0 fully saturated rings. The molecule has 0 aromatic heterocycles. The standard InChI is InChI=1S/C14H18N3O2S/c1-8-5-6-11-12(8)7-9-3-2-4-10(9)13(11)16-14(18)17-20(15)19/h7-8H,2-6H2,1H3,(H3,15,16,17,18,19)/q-1. The van der Waals surface area contributed by atoms with Gasteiger partial charge in [-0.1, -0.05) is 13.0 Å². The smallest absolute Gasteiger partial charge is 0.323 e. The monoisotopic (exact) mass is 292 g/mol. The maximum atomic E-state index is 11.8. The van der Waals surface area contributed by atoms with Crippen LogP contribution in [0.15, 0.2) is 10.4 Å². The van der Waals surface area contributed by atoms with Gasteiger partial charge in [-0.25, -0.2) is 4.79 Å². The number of amides is 2. The molecular formula is C14H18N3O2S-. The Balaban J connectivity index is 2.06. The zero-order valence-corrected chi connectivity index (χ0v) is 12.3. The largest absolute Gasteiger partial charge is 0.430 e. The first kappa shape index (κ1) is 13.6. The van der Waals surface area contributed by atoms with Crippen LogP contribution in [0.1, 0.15) is 47.9 Å². The minimum Gasteiger partial charge on any atom is -0.430 e. The van der Waals surface area contributed by atoms with Crippen molar-refractivity contribution in [1.82, 2.24) is 0 Å². The molecule has 1 aromatic carbocycles. The Morgan fingerprint density at radius 2 is 2.20 bits per heavy atom. The summed E-state index contributed by atoms with van der Waals surface area (Å²) in [5.41, 5.74) is 6.03. The van der Waals surface area contributed by atoms with Gasteiger partial charge in [0.2, 0.25) is 0 Å². The fraction of sp³-hybridized carbons (Fsp3) is 0.500. The van der Waals surface area contributed by atoms with Crippen molar-refractivity contribution in [2.75, 3.05) is 5.32 Å². The van der Waals surface area contributed by atoms with Crippen LogP contribution in [0.25, 0.3) is 0 Å². The maximum Gasteiger partial charge on any atom is 0.323 e. The first-order valence-corrected chi connectivity index (χ1v) is 8.09. The zero-order valence-electron chi connectivity index (χ0n) is 11.4. The Kier molecular flexibility index (Phi) is 3.52. The molecule has 3 N–H and O–H groups in total. The summed E-state index contributed by atoms with van der Waals surface area (Å²) >= 11 is 0. The van der Waals surface area contributed by atoms with E-state index in [1.165, 1.54) is 22.3 Å². The van der Waals surface area contributed by atoms with Crippen LogP contribution in [-0.2, 0) is 34.3 Å². The van der Waals surface area contributed by atoms with E-state index in [4.69, 9.17) is 5.14 Å². The molecule has 0 spiro atoms. The quantitative estimate of drug-likeness (QED) is 0.780. The average molecular weight is 292 g/mol. The molecule has 2 aliphatic carbocycles. The van der Waals surface area contributed by atoms with Crippen molar-refractivity contribution in [3.63, 3.8) is 0 Å². The number of hydrogen-bond acceptors (Lipinski definition) is 3. The van der Waals surface area contributed by atoms with Gasteiger partial charge < -0.3 is 19.0 Å². The molecular weight excluding hydrogens is 274 g/mol. The minimum absolute atomic E-state index is 0.534. The van der Waals surface area contributed by atoms with Gasteiger partial charge in [0.05, 0.1) is 0 Å². The van der Waals surface area contributed by atoms with Crippen molar-refractivity contribution >= 4 is 22.5 Å². The Labute approximate surface area is 120 Å². The van der Waals surface area contributed by atoms with Gasteiger partial charge in [0.1, 0.15) is 0 Å². The summed E-state index contributed by atoms with van der Waals surface area (Å²) < 4.78 is 14.2. The van der Waals surface area contributed by atoms with Crippen LogP contribution >= 0.6 is 0 Å². The summed E-state index contributed by atoms with van der Waals surface area (Å²) in [6.07, 6.45) is 5.26. The molecule has 0 radical (unpaired) electrons. The van der Waals surface area contributed by atoms with E-state index in [-0.39, 0.29) is 0 Å². The van der Waals surface area contributed by atoms with E-state index in [0.29, 0.717) is 5.92 Å². The lowest BCUT2D eigenvalue weighted by Gasteiger charge is -2.16. The Morgan fingerprint density at radius 3 is 2.95 bits per heavy atom. The zero-order chi connectivity index (χ0) is 14.3. The Morgan fingerprint density at radius 1 is 1.40 bits per heavy atom. The second kappa shape index (κ2) is 5.18. The van der Waals surface area contributed by atoms with Crippen LogP contribution in [0.5, 0.6) is 0 Å². The second-order valence-corrected chi connectivity index (χ2v) is 6.28. The number of rotatable bonds is 1. The molecule has 108 valence electrons. The van der Waals surface area contributed by atoms with Crippen LogP contribution in [-0.4, -0.2) is 6.03 Å². The molecule has 6 heteroatoms. The van der Waals surface area contributed by atoms with Crippen molar-refractivity contribution in [2.45, 2.75) is 44.9 Å². The van der Waals surface area contributed by atoms with Crippen LogP contribution in [0.3, 0.4) is 0 Å². The first-order chi connectivity index (χ1) is 9.56. The highest BCUT2D eigenvalue weighted by Crippen LogP contribution is 2.43. The van der Waals surface area contributed by atoms with E-state index in [0.717, 1.165) is 37.8 Å². The third kappa shape index (κ3) is 2.33. The summed E-state index contributed by atoms with van der Waals surface area (Å²) in [5.74, 6) is 0.534. The summed E-state index contributed by atoms with van der Waals surface area (Å²) in [5, 5.41) is 7.86. The number of benzene rings is 1. The number of aryl methyl sites for hydroxylation is 1. The van der Waals surface area contributed by atoms with Crippen molar-refractivity contribution in [3.05, 3.63) is 28.3 Å². The number of hydrogen-bond donors (Lipinski definition) is 2. The topological polar surface area (TPSA) is 84.6 Å². The van der Waals surface area contributed by atoms with Gasteiger partial charge in [-0.2, -0.15) is 0 Å². The van der Waals surface area contributed by atoms with Crippen LogP contribution in [0.2, 0.25) is 0 Å². The number of nitrogens with zero attached hydrogens (tertiary/aromatic N) is 1. The van der Waals surface area contributed by atoms with E-state index < -0.39 is 16.8 Å². The highest BCUT2D eigenvalue weighted by Gasteiger charge is 2.27. The molecule has 5 nitrogen and oxygen atoms in total. The molecule has 1 unspecified atom stereocenters. The SMILES string of the molecule is CC1CCc2c1cc1c(c2NC(=O)N=[S-](N)=O)CCC1. The van der Waals surface area contributed by atoms with Crippen molar-refractivity contribution in [1.29, 1.82) is 0 Å². The number of carbonyl (C=O) groups excluding carboxylic acids is 1. The lowest BCUT2D eigenvalue weighted by molar-refractivity contribution is 0.260. The van der Waals surface area contributed by atoms with E-state index in [1.54, 1.807) is 0 Å². The Hall–Kier alpha value is -1.40. The molecule has 3 rings (SSSR count). The lowest BCUT2D eigenvalue weighted by atomic mass is 9.96. The van der Waals surface area contributed by atoms with E-state index in [2.05, 4.69) is 22.7 Å². The van der Waals surface area contributed by atoms with Crippen LogP contribution in [0.4, 0.5) is 10.5 Å². The van der Waals surface area contributed by atoms with Crippen LogP contribution in [0, 0.1) is 0 Å². The minimum atomic E-state index is -1.96. The van der Waals surface area contributed by atoms with Crippen molar-refractivity contribution < 1.29 is 9.00 Å². The van der Waals surface area contributed by atoms with E-state index in [9.17, 15) is 9.00 Å². The van der Waals surface area contributed by atoms with Gasteiger partial charge in [0.25, 0.3) is 0 Å². The van der Waals surface area contributed by atoms with Gasteiger partial charge in [-0.05, 0) is 60.3 Å². The van der Waals surface area contributed by atoms with Gasteiger partial charge in [-0.3, -0.25) is 0 Å². The average Bonchev–Trinajstić information content (AvgIpc) is 2.96.